The summed E-state index contributed by atoms with van der Waals surface area (Å²) in [5.74, 6) is 0.466. The highest BCUT2D eigenvalue weighted by molar-refractivity contribution is 5.35. The molecular weight excluding hydrogens is 281 g/mol. The summed E-state index contributed by atoms with van der Waals surface area (Å²) in [4.78, 5) is 2.21. The van der Waals surface area contributed by atoms with Gasteiger partial charge >= 0.3 is 0 Å². The molecule has 0 bridgehead atoms. The summed E-state index contributed by atoms with van der Waals surface area (Å²) < 4.78 is 24.8. The van der Waals surface area contributed by atoms with Crippen LogP contribution in [0.5, 0.6) is 5.75 Å². The molecule has 0 aromatic heterocycles. The lowest BCUT2D eigenvalue weighted by atomic mass is 10.1. The third-order valence-corrected chi connectivity index (χ3v) is 3.83. The lowest BCUT2D eigenvalue weighted by Crippen LogP contribution is -2.25. The van der Waals surface area contributed by atoms with Crippen LogP contribution >= 0.6 is 0 Å². The predicted octanol–water partition coefficient (Wildman–Crippen LogP) is 3.37. The van der Waals surface area contributed by atoms with E-state index >= 15 is 0 Å². The van der Waals surface area contributed by atoms with Crippen molar-refractivity contribution in [2.75, 3.05) is 20.3 Å². The molecule has 0 radical (unpaired) electrons. The Hall–Kier alpha value is -1.91. The van der Waals surface area contributed by atoms with E-state index in [1.54, 1.807) is 13.2 Å². The summed E-state index contributed by atoms with van der Waals surface area (Å²) in [6, 6.07) is 13.3. The lowest BCUT2D eigenvalue weighted by Gasteiger charge is -2.20. The Morgan fingerprint density at radius 1 is 1.18 bits per heavy atom. The number of fused-ring (bicyclic) bond motifs is 1. The second-order valence-electron chi connectivity index (χ2n) is 5.53. The zero-order valence-electron chi connectivity index (χ0n) is 12.7. The van der Waals surface area contributed by atoms with Gasteiger partial charge in [0.2, 0.25) is 0 Å². The molecular formula is C18H20FNO2. The second-order valence-corrected chi connectivity index (χ2v) is 5.53. The highest BCUT2D eigenvalue weighted by Crippen LogP contribution is 2.26. The number of ether oxygens (including phenoxy) is 2. The average Bonchev–Trinajstić information content (AvgIpc) is 2.71. The molecule has 1 heterocycles. The molecule has 0 spiro atoms. The maximum Gasteiger partial charge on any atom is 0.131 e. The van der Waals surface area contributed by atoms with Crippen molar-refractivity contribution >= 4 is 0 Å². The summed E-state index contributed by atoms with van der Waals surface area (Å²) in [5, 5.41) is 0. The van der Waals surface area contributed by atoms with Crippen molar-refractivity contribution in [1.29, 1.82) is 0 Å². The molecule has 0 fully saturated rings. The molecule has 2 aromatic rings. The smallest absolute Gasteiger partial charge is 0.131 e. The lowest BCUT2D eigenvalue weighted by molar-refractivity contribution is 0.184. The fourth-order valence-corrected chi connectivity index (χ4v) is 2.79. The molecule has 116 valence electrons. The molecule has 1 aliphatic heterocycles. The van der Waals surface area contributed by atoms with Gasteiger partial charge in [-0.15, -0.1) is 0 Å². The average molecular weight is 301 g/mol. The second kappa shape index (κ2) is 6.90. The van der Waals surface area contributed by atoms with E-state index in [1.165, 1.54) is 11.6 Å². The first kappa shape index (κ1) is 15.0. The van der Waals surface area contributed by atoms with Gasteiger partial charge < -0.3 is 9.47 Å². The van der Waals surface area contributed by atoms with E-state index in [4.69, 9.17) is 9.47 Å². The maximum atomic E-state index is 14.0. The maximum absolute atomic E-state index is 14.0. The quantitative estimate of drug-likeness (QED) is 0.864. The Labute approximate surface area is 130 Å². The van der Waals surface area contributed by atoms with Crippen LogP contribution in [0.1, 0.15) is 16.7 Å². The van der Waals surface area contributed by atoms with Gasteiger partial charge in [0, 0.05) is 32.3 Å². The van der Waals surface area contributed by atoms with Crippen LogP contribution in [-0.4, -0.2) is 25.2 Å². The SMILES string of the molecule is COCc1cccc(CN2CCOc3cccc(F)c3C2)c1. The minimum absolute atomic E-state index is 0.197. The van der Waals surface area contributed by atoms with Crippen LogP contribution in [0.4, 0.5) is 4.39 Å². The van der Waals surface area contributed by atoms with E-state index in [-0.39, 0.29) is 5.82 Å². The first-order chi connectivity index (χ1) is 10.8. The molecule has 2 aromatic carbocycles. The topological polar surface area (TPSA) is 21.7 Å². The highest BCUT2D eigenvalue weighted by atomic mass is 19.1. The van der Waals surface area contributed by atoms with Crippen LogP contribution < -0.4 is 4.74 Å². The fourth-order valence-electron chi connectivity index (χ4n) is 2.79. The first-order valence-electron chi connectivity index (χ1n) is 7.45. The van der Waals surface area contributed by atoms with E-state index in [1.807, 2.05) is 18.2 Å². The van der Waals surface area contributed by atoms with Gasteiger partial charge in [0.1, 0.15) is 18.2 Å². The van der Waals surface area contributed by atoms with Crippen molar-refractivity contribution in [3.05, 3.63) is 65.0 Å². The van der Waals surface area contributed by atoms with Crippen LogP contribution in [0.25, 0.3) is 0 Å². The normalized spacial score (nSPS) is 15.0. The molecule has 4 heteroatoms. The van der Waals surface area contributed by atoms with Crippen LogP contribution in [-0.2, 0) is 24.4 Å². The van der Waals surface area contributed by atoms with Crippen molar-refractivity contribution in [2.24, 2.45) is 0 Å². The number of methoxy groups -OCH3 is 1. The van der Waals surface area contributed by atoms with Gasteiger partial charge in [0.15, 0.2) is 0 Å². The van der Waals surface area contributed by atoms with E-state index in [0.717, 1.165) is 18.7 Å². The number of hydrogen-bond acceptors (Lipinski definition) is 3. The summed E-state index contributed by atoms with van der Waals surface area (Å²) in [6.07, 6.45) is 0. The largest absolute Gasteiger partial charge is 0.492 e. The number of rotatable bonds is 4. The van der Waals surface area contributed by atoms with Crippen LogP contribution in [0, 0.1) is 5.82 Å². The van der Waals surface area contributed by atoms with Crippen LogP contribution in [0.3, 0.4) is 0 Å². The Bertz CT molecular complexity index is 645. The number of hydrogen-bond donors (Lipinski definition) is 0. The fraction of sp³-hybridized carbons (Fsp3) is 0.333. The molecule has 0 aliphatic carbocycles. The molecule has 22 heavy (non-hydrogen) atoms. The van der Waals surface area contributed by atoms with Crippen molar-refractivity contribution in [3.63, 3.8) is 0 Å². The van der Waals surface area contributed by atoms with E-state index < -0.39 is 0 Å². The van der Waals surface area contributed by atoms with Crippen LogP contribution in [0.15, 0.2) is 42.5 Å². The molecule has 0 saturated carbocycles. The minimum atomic E-state index is -0.197. The number of halogens is 1. The van der Waals surface area contributed by atoms with Gasteiger partial charge in [0.05, 0.1) is 6.61 Å². The van der Waals surface area contributed by atoms with Gasteiger partial charge in [0.25, 0.3) is 0 Å². The van der Waals surface area contributed by atoms with Gasteiger partial charge in [-0.2, -0.15) is 0 Å². The summed E-state index contributed by atoms with van der Waals surface area (Å²) in [5.41, 5.74) is 3.00. The Morgan fingerprint density at radius 2 is 2.00 bits per heavy atom. The summed E-state index contributed by atoms with van der Waals surface area (Å²) in [7, 11) is 1.69. The van der Waals surface area contributed by atoms with Gasteiger partial charge in [-0.05, 0) is 23.3 Å². The van der Waals surface area contributed by atoms with E-state index in [2.05, 4.69) is 17.0 Å². The third kappa shape index (κ3) is 3.46. The Balaban J connectivity index is 1.76. The van der Waals surface area contributed by atoms with Gasteiger partial charge in [-0.25, -0.2) is 4.39 Å². The predicted molar refractivity (Wildman–Crippen MR) is 83.2 cm³/mol. The molecule has 3 rings (SSSR count). The van der Waals surface area contributed by atoms with E-state index in [9.17, 15) is 4.39 Å². The Kier molecular flexibility index (Phi) is 4.71. The zero-order chi connectivity index (χ0) is 15.4. The standard InChI is InChI=1S/C18H20FNO2/c1-21-13-15-5-2-4-14(10-15)11-20-8-9-22-18-7-3-6-17(19)16(18)12-20/h2-7,10H,8-9,11-13H2,1H3. The number of benzene rings is 2. The van der Waals surface area contributed by atoms with Crippen molar-refractivity contribution in [3.8, 4) is 5.75 Å². The zero-order valence-corrected chi connectivity index (χ0v) is 12.7. The van der Waals surface area contributed by atoms with Crippen molar-refractivity contribution < 1.29 is 13.9 Å². The molecule has 0 saturated heterocycles. The highest BCUT2D eigenvalue weighted by Gasteiger charge is 2.18. The minimum Gasteiger partial charge on any atom is -0.492 e. The molecule has 0 atom stereocenters. The molecule has 0 unspecified atom stereocenters. The summed E-state index contributed by atoms with van der Waals surface area (Å²) in [6.45, 7) is 3.30. The Morgan fingerprint density at radius 3 is 2.86 bits per heavy atom. The van der Waals surface area contributed by atoms with Crippen molar-refractivity contribution in [2.45, 2.75) is 19.7 Å². The van der Waals surface area contributed by atoms with Crippen LogP contribution in [0.2, 0.25) is 0 Å². The number of nitrogens with zero attached hydrogens (tertiary/aromatic N) is 1. The molecule has 1 aliphatic rings. The monoisotopic (exact) mass is 301 g/mol. The van der Waals surface area contributed by atoms with Gasteiger partial charge in [-0.1, -0.05) is 30.3 Å². The van der Waals surface area contributed by atoms with Crippen molar-refractivity contribution in [1.82, 2.24) is 4.90 Å². The van der Waals surface area contributed by atoms with E-state index in [0.29, 0.717) is 31.1 Å². The van der Waals surface area contributed by atoms with Gasteiger partial charge in [-0.3, -0.25) is 4.90 Å². The molecule has 0 N–H and O–H groups in total. The molecule has 0 amide bonds. The molecule has 3 nitrogen and oxygen atoms in total. The first-order valence-corrected chi connectivity index (χ1v) is 7.45. The third-order valence-electron chi connectivity index (χ3n) is 3.83. The summed E-state index contributed by atoms with van der Waals surface area (Å²) >= 11 is 0.